The number of amides is 3. The zero-order chi connectivity index (χ0) is 18.5. The third-order valence-corrected chi connectivity index (χ3v) is 4.30. The second kappa shape index (κ2) is 7.82. The normalized spacial score (nSPS) is 15.6. The number of hydrogen-bond acceptors (Lipinski definition) is 3. The first-order valence-corrected chi connectivity index (χ1v) is 8.57. The molecule has 3 amide bonds. The van der Waals surface area contributed by atoms with Crippen LogP contribution in [-0.2, 0) is 20.8 Å². The van der Waals surface area contributed by atoms with Gasteiger partial charge in [0.05, 0.1) is 0 Å². The lowest BCUT2D eigenvalue weighted by Gasteiger charge is -2.24. The Morgan fingerprint density at radius 1 is 1.08 bits per heavy atom. The van der Waals surface area contributed by atoms with E-state index in [0.717, 1.165) is 11.3 Å². The maximum absolute atomic E-state index is 12.2. The number of benzene rings is 2. The highest BCUT2D eigenvalue weighted by atomic mass is 16.2. The predicted molar refractivity (Wildman–Crippen MR) is 101 cm³/mol. The molecule has 1 atom stereocenters. The van der Waals surface area contributed by atoms with Gasteiger partial charge in [0, 0.05) is 36.3 Å². The molecule has 0 spiro atoms. The summed E-state index contributed by atoms with van der Waals surface area (Å²) >= 11 is 0. The van der Waals surface area contributed by atoms with E-state index >= 15 is 0 Å². The molecule has 0 saturated heterocycles. The average molecular weight is 351 g/mol. The summed E-state index contributed by atoms with van der Waals surface area (Å²) < 4.78 is 0. The van der Waals surface area contributed by atoms with E-state index in [-0.39, 0.29) is 30.1 Å². The number of carbonyl (C=O) groups is 3. The van der Waals surface area contributed by atoms with Crippen LogP contribution >= 0.6 is 0 Å². The van der Waals surface area contributed by atoms with Crippen molar-refractivity contribution in [1.29, 1.82) is 0 Å². The summed E-state index contributed by atoms with van der Waals surface area (Å²) in [5, 5.41) is 8.38. The minimum Gasteiger partial charge on any atom is -0.326 e. The summed E-state index contributed by atoms with van der Waals surface area (Å²) in [5.74, 6) is -0.570. The van der Waals surface area contributed by atoms with E-state index in [0.29, 0.717) is 24.2 Å². The molecular weight excluding hydrogens is 330 g/mol. The summed E-state index contributed by atoms with van der Waals surface area (Å²) in [7, 11) is 0. The highest BCUT2D eigenvalue weighted by Gasteiger charge is 2.26. The fraction of sp³-hybridized carbons (Fsp3) is 0.250. The number of fused-ring (bicyclic) bond motifs is 1. The fourth-order valence-electron chi connectivity index (χ4n) is 3.05. The van der Waals surface area contributed by atoms with E-state index in [9.17, 15) is 14.4 Å². The van der Waals surface area contributed by atoms with Gasteiger partial charge in [-0.1, -0.05) is 24.3 Å². The molecule has 26 heavy (non-hydrogen) atoms. The Balaban J connectivity index is 1.55. The van der Waals surface area contributed by atoms with Gasteiger partial charge in [-0.25, -0.2) is 0 Å². The quantitative estimate of drug-likeness (QED) is 0.773. The van der Waals surface area contributed by atoms with Crippen molar-refractivity contribution in [2.24, 2.45) is 5.92 Å². The molecule has 0 aromatic heterocycles. The van der Waals surface area contributed by atoms with E-state index in [4.69, 9.17) is 0 Å². The van der Waals surface area contributed by atoms with Gasteiger partial charge >= 0.3 is 0 Å². The summed E-state index contributed by atoms with van der Waals surface area (Å²) in [6.07, 6.45) is 1.38. The van der Waals surface area contributed by atoms with Crippen LogP contribution in [0.3, 0.4) is 0 Å². The third-order valence-electron chi connectivity index (χ3n) is 4.30. The number of hydrogen-bond donors (Lipinski definition) is 3. The molecule has 1 aliphatic rings. The van der Waals surface area contributed by atoms with Gasteiger partial charge in [0.15, 0.2) is 0 Å². The van der Waals surface area contributed by atoms with Gasteiger partial charge in [0.2, 0.25) is 17.7 Å². The molecule has 0 bridgehead atoms. The molecule has 1 aliphatic heterocycles. The molecule has 0 aliphatic carbocycles. The van der Waals surface area contributed by atoms with Crippen molar-refractivity contribution in [3.05, 3.63) is 54.1 Å². The monoisotopic (exact) mass is 351 g/mol. The van der Waals surface area contributed by atoms with Crippen LogP contribution in [0.2, 0.25) is 0 Å². The molecule has 2 aromatic carbocycles. The zero-order valence-electron chi connectivity index (χ0n) is 14.5. The van der Waals surface area contributed by atoms with Crippen LogP contribution in [0, 0.1) is 5.92 Å². The largest absolute Gasteiger partial charge is 0.326 e. The summed E-state index contributed by atoms with van der Waals surface area (Å²) in [6.45, 7) is 1.43. The number of carbonyl (C=O) groups excluding carboxylic acids is 3. The standard InChI is InChI=1S/C20H21N3O3/c1-13(24)21-16-6-4-7-17(12-16)22-19(25)10-9-15-11-14-5-2-3-8-18(14)23-20(15)26/h2-8,12,15H,9-11H2,1H3,(H,21,24)(H,22,25)(H,23,26)/t15-/m1/s1. The highest BCUT2D eigenvalue weighted by Crippen LogP contribution is 2.27. The van der Waals surface area contributed by atoms with E-state index in [1.807, 2.05) is 24.3 Å². The third kappa shape index (κ3) is 4.47. The minimum absolute atomic E-state index is 0.0378. The maximum atomic E-state index is 12.2. The van der Waals surface area contributed by atoms with Gasteiger partial charge < -0.3 is 16.0 Å². The van der Waals surface area contributed by atoms with Gasteiger partial charge in [-0.05, 0) is 42.7 Å². The van der Waals surface area contributed by atoms with Crippen molar-refractivity contribution in [3.8, 4) is 0 Å². The predicted octanol–water partition coefficient (Wildman–Crippen LogP) is 3.17. The lowest BCUT2D eigenvalue weighted by atomic mass is 9.89. The molecule has 0 fully saturated rings. The number of nitrogens with one attached hydrogen (secondary N) is 3. The molecule has 3 rings (SSSR count). The van der Waals surface area contributed by atoms with E-state index in [1.54, 1.807) is 24.3 Å². The molecular formula is C20H21N3O3. The first kappa shape index (κ1) is 17.7. The van der Waals surface area contributed by atoms with Gasteiger partial charge in [0.1, 0.15) is 0 Å². The Kier molecular flexibility index (Phi) is 5.31. The Hall–Kier alpha value is -3.15. The van der Waals surface area contributed by atoms with Crippen molar-refractivity contribution in [2.75, 3.05) is 16.0 Å². The van der Waals surface area contributed by atoms with Gasteiger partial charge in [-0.2, -0.15) is 0 Å². The van der Waals surface area contributed by atoms with Crippen molar-refractivity contribution >= 4 is 34.8 Å². The molecule has 134 valence electrons. The first-order chi connectivity index (χ1) is 12.5. The second-order valence-electron chi connectivity index (χ2n) is 6.40. The Labute approximate surface area is 152 Å². The average Bonchev–Trinajstić information content (AvgIpc) is 2.59. The zero-order valence-corrected chi connectivity index (χ0v) is 14.5. The topological polar surface area (TPSA) is 87.3 Å². The Bertz CT molecular complexity index is 848. The number of rotatable bonds is 5. The molecule has 0 unspecified atom stereocenters. The van der Waals surface area contributed by atoms with Crippen molar-refractivity contribution < 1.29 is 14.4 Å². The molecule has 6 heteroatoms. The second-order valence-corrected chi connectivity index (χ2v) is 6.40. The maximum Gasteiger partial charge on any atom is 0.227 e. The SMILES string of the molecule is CC(=O)Nc1cccc(NC(=O)CC[C@@H]2Cc3ccccc3NC2=O)c1. The van der Waals surface area contributed by atoms with Crippen molar-refractivity contribution in [3.63, 3.8) is 0 Å². The molecule has 1 heterocycles. The van der Waals surface area contributed by atoms with Crippen LogP contribution in [0.25, 0.3) is 0 Å². The van der Waals surface area contributed by atoms with E-state index in [1.165, 1.54) is 6.92 Å². The molecule has 2 aromatic rings. The smallest absolute Gasteiger partial charge is 0.227 e. The van der Waals surface area contributed by atoms with Crippen LogP contribution < -0.4 is 16.0 Å². The summed E-state index contributed by atoms with van der Waals surface area (Å²) in [6, 6.07) is 14.7. The first-order valence-electron chi connectivity index (χ1n) is 8.57. The van der Waals surface area contributed by atoms with E-state index in [2.05, 4.69) is 16.0 Å². The van der Waals surface area contributed by atoms with Gasteiger partial charge in [-0.15, -0.1) is 0 Å². The van der Waals surface area contributed by atoms with Crippen molar-refractivity contribution in [1.82, 2.24) is 0 Å². The van der Waals surface area contributed by atoms with Gasteiger partial charge in [0.25, 0.3) is 0 Å². The van der Waals surface area contributed by atoms with Crippen LogP contribution in [0.1, 0.15) is 25.3 Å². The van der Waals surface area contributed by atoms with Crippen molar-refractivity contribution in [2.45, 2.75) is 26.2 Å². The lowest BCUT2D eigenvalue weighted by Crippen LogP contribution is -2.30. The Morgan fingerprint density at radius 3 is 2.58 bits per heavy atom. The fourth-order valence-corrected chi connectivity index (χ4v) is 3.05. The summed E-state index contributed by atoms with van der Waals surface area (Å²) in [4.78, 5) is 35.5. The number of anilines is 3. The van der Waals surface area contributed by atoms with E-state index < -0.39 is 0 Å². The molecule has 3 N–H and O–H groups in total. The summed E-state index contributed by atoms with van der Waals surface area (Å²) in [5.41, 5.74) is 3.19. The lowest BCUT2D eigenvalue weighted by molar-refractivity contribution is -0.121. The van der Waals surface area contributed by atoms with Gasteiger partial charge in [-0.3, -0.25) is 14.4 Å². The highest BCUT2D eigenvalue weighted by molar-refractivity contribution is 5.97. The van der Waals surface area contributed by atoms with Crippen LogP contribution in [0.15, 0.2) is 48.5 Å². The molecule has 0 radical (unpaired) electrons. The number of para-hydroxylation sites is 1. The Morgan fingerprint density at radius 2 is 1.81 bits per heavy atom. The van der Waals surface area contributed by atoms with Crippen LogP contribution in [0.5, 0.6) is 0 Å². The minimum atomic E-state index is -0.207. The molecule has 6 nitrogen and oxygen atoms in total. The van der Waals surface area contributed by atoms with Crippen LogP contribution in [0.4, 0.5) is 17.1 Å². The van der Waals surface area contributed by atoms with Crippen LogP contribution in [-0.4, -0.2) is 17.7 Å². The molecule has 0 saturated carbocycles.